The van der Waals surface area contributed by atoms with Gasteiger partial charge in [-0.2, -0.15) is 0 Å². The maximum absolute atomic E-state index is 9.94. The summed E-state index contributed by atoms with van der Waals surface area (Å²) in [5.41, 5.74) is 0. The molecule has 0 aromatic carbocycles. The fourth-order valence-electron chi connectivity index (χ4n) is 0.179. The quantitative estimate of drug-likeness (QED) is 0.362. The van der Waals surface area contributed by atoms with E-state index in [1.807, 2.05) is 15.9 Å². The van der Waals surface area contributed by atoms with Crippen molar-refractivity contribution >= 4 is 31.1 Å². The van der Waals surface area contributed by atoms with Crippen LogP contribution in [0.4, 0.5) is 0 Å². The molecule has 0 aromatic heterocycles. The van der Waals surface area contributed by atoms with Crippen molar-refractivity contribution in [3.05, 3.63) is 0 Å². The Hall–Kier alpha value is 1.30. The molecule has 0 rings (SSSR count). The summed E-state index contributed by atoms with van der Waals surface area (Å²) >= 11 is 2.01. The van der Waals surface area contributed by atoms with Gasteiger partial charge in [-0.25, -0.2) is 0 Å². The predicted octanol–water partition coefficient (Wildman–Crippen LogP) is -1.88. The normalized spacial score (nSPS) is 19.7. The maximum atomic E-state index is 9.94. The molecule has 1 radical (unpaired) electrons. The van der Waals surface area contributed by atoms with Crippen LogP contribution in [0.1, 0.15) is 0 Å². The van der Waals surface area contributed by atoms with Gasteiger partial charge in [0.25, 0.3) is 0 Å². The van der Waals surface area contributed by atoms with Crippen molar-refractivity contribution < 1.29 is 45.8 Å². The van der Waals surface area contributed by atoms with E-state index in [0.717, 1.165) is 0 Å². The van der Waals surface area contributed by atoms with Crippen molar-refractivity contribution in [2.75, 3.05) is 0 Å². The van der Waals surface area contributed by atoms with Gasteiger partial charge in [-0.05, 0) is 7.60 Å². The summed E-state index contributed by atoms with van der Waals surface area (Å²) in [5.74, 6) is 0. The standard InChI is InChI=1S/CH5BrO6P2.Fe/c2-1(9(3,4)5)10(6,7)8;/h1H,(H2,3,4,5)(H2,6,7,8);/q;+3/p-3. The Morgan fingerprint density at radius 2 is 1.55 bits per heavy atom. The zero-order chi connectivity index (χ0) is 8.58. The SMILES string of the molecule is O=P([O-])([O-])C(Br)P(=O)([O-])O.[Fe+3]. The molecule has 6 nitrogen and oxygen atoms in total. The molecule has 0 fully saturated rings. The maximum Gasteiger partial charge on any atom is 3.00 e. The van der Waals surface area contributed by atoms with Gasteiger partial charge in [-0.15, -0.1) is 0 Å². The minimum atomic E-state index is -5.29. The van der Waals surface area contributed by atoms with Crippen molar-refractivity contribution in [3.63, 3.8) is 0 Å². The van der Waals surface area contributed by atoms with E-state index in [9.17, 15) is 23.8 Å². The summed E-state index contributed by atoms with van der Waals surface area (Å²) in [5, 5.41) is 0. The Morgan fingerprint density at radius 3 is 1.55 bits per heavy atom. The van der Waals surface area contributed by atoms with Gasteiger partial charge in [-0.3, -0.25) is 0 Å². The molecule has 0 saturated carbocycles. The van der Waals surface area contributed by atoms with Gasteiger partial charge < -0.3 is 28.7 Å². The second kappa shape index (κ2) is 4.51. The van der Waals surface area contributed by atoms with E-state index < -0.39 is 19.5 Å². The summed E-state index contributed by atoms with van der Waals surface area (Å²) in [6.07, 6.45) is 0. The van der Waals surface area contributed by atoms with E-state index >= 15 is 0 Å². The monoisotopic (exact) mass is 307 g/mol. The summed E-state index contributed by atoms with van der Waals surface area (Å²) < 4.78 is 17.4. The molecular formula is CH2BrFeO6P2. The molecule has 0 aliphatic carbocycles. The van der Waals surface area contributed by atoms with Crippen molar-refractivity contribution in [3.8, 4) is 0 Å². The number of halogens is 1. The molecule has 0 bridgehead atoms. The van der Waals surface area contributed by atoms with Crippen LogP contribution < -0.4 is 14.7 Å². The van der Waals surface area contributed by atoms with Gasteiger partial charge in [0.2, 0.25) is 0 Å². The van der Waals surface area contributed by atoms with Crippen LogP contribution in [0.2, 0.25) is 0 Å². The topological polar surface area (TPSA) is 124 Å². The summed E-state index contributed by atoms with van der Waals surface area (Å²) in [7, 11) is -10.4. The summed E-state index contributed by atoms with van der Waals surface area (Å²) in [6.45, 7) is 0. The van der Waals surface area contributed by atoms with Gasteiger partial charge in [0, 0.05) is 0 Å². The number of hydrogen-bond acceptors (Lipinski definition) is 5. The zero-order valence-corrected chi connectivity index (χ0v) is 9.17. The Morgan fingerprint density at radius 1 is 1.27 bits per heavy atom. The van der Waals surface area contributed by atoms with Crippen molar-refractivity contribution in [1.29, 1.82) is 0 Å². The van der Waals surface area contributed by atoms with Crippen LogP contribution in [0.15, 0.2) is 0 Å². The zero-order valence-electron chi connectivity index (χ0n) is 4.69. The van der Waals surface area contributed by atoms with Gasteiger partial charge >= 0.3 is 17.1 Å². The van der Waals surface area contributed by atoms with Crippen LogP contribution in [-0.2, 0) is 26.2 Å². The van der Waals surface area contributed by atoms with Crippen molar-refractivity contribution in [2.24, 2.45) is 0 Å². The molecule has 11 heavy (non-hydrogen) atoms. The van der Waals surface area contributed by atoms with E-state index in [4.69, 9.17) is 4.89 Å². The molecular weight excluding hydrogens is 306 g/mol. The van der Waals surface area contributed by atoms with Crippen LogP contribution in [0.5, 0.6) is 0 Å². The van der Waals surface area contributed by atoms with Crippen molar-refractivity contribution in [1.82, 2.24) is 0 Å². The van der Waals surface area contributed by atoms with Crippen LogP contribution in [0.25, 0.3) is 0 Å². The third-order valence-corrected chi connectivity index (χ3v) is 6.37. The van der Waals surface area contributed by atoms with E-state index in [1.54, 1.807) is 0 Å². The third-order valence-electron chi connectivity index (χ3n) is 0.530. The first-order valence-corrected chi connectivity index (χ1v) is 6.02. The van der Waals surface area contributed by atoms with Crippen LogP contribution in [0.3, 0.4) is 0 Å². The van der Waals surface area contributed by atoms with Gasteiger partial charge in [0.05, 0.1) is 0 Å². The fraction of sp³-hybridized carbons (Fsp3) is 1.00. The Kier molecular flexibility index (Phi) is 6.07. The first kappa shape index (κ1) is 14.8. The first-order valence-electron chi connectivity index (χ1n) is 1.85. The largest absolute Gasteiger partial charge is 3.00 e. The first-order chi connectivity index (χ1) is 4.15. The molecule has 2 atom stereocenters. The van der Waals surface area contributed by atoms with Gasteiger partial charge in [-0.1, -0.05) is 15.9 Å². The number of hydrogen-bond donors (Lipinski definition) is 1. The molecule has 0 spiro atoms. The molecule has 0 aliphatic heterocycles. The Bertz CT molecular complexity index is 183. The average Bonchev–Trinajstić information content (AvgIpc) is 1.59. The van der Waals surface area contributed by atoms with E-state index in [1.165, 1.54) is 0 Å². The number of rotatable bonds is 2. The molecule has 0 heterocycles. The molecule has 0 aliphatic rings. The number of alkyl halides is 1. The molecule has 67 valence electrons. The summed E-state index contributed by atoms with van der Waals surface area (Å²) in [4.78, 5) is 37.7. The molecule has 1 N–H and O–H groups in total. The predicted molar refractivity (Wildman–Crippen MR) is 30.1 cm³/mol. The van der Waals surface area contributed by atoms with Crippen LogP contribution >= 0.6 is 31.1 Å². The summed E-state index contributed by atoms with van der Waals surface area (Å²) in [6, 6.07) is 0. The fourth-order valence-corrected chi connectivity index (χ4v) is 1.61. The van der Waals surface area contributed by atoms with Crippen LogP contribution in [-0.4, -0.2) is 9.20 Å². The van der Waals surface area contributed by atoms with E-state index in [0.29, 0.717) is 0 Å². The molecule has 0 saturated heterocycles. The Labute approximate surface area is 81.3 Å². The van der Waals surface area contributed by atoms with E-state index in [2.05, 4.69) is 0 Å². The van der Waals surface area contributed by atoms with Crippen molar-refractivity contribution in [2.45, 2.75) is 4.31 Å². The van der Waals surface area contributed by atoms with Gasteiger partial charge in [0.1, 0.15) is 4.31 Å². The van der Waals surface area contributed by atoms with Crippen LogP contribution in [0, 0.1) is 0 Å². The third kappa shape index (κ3) is 5.52. The second-order valence-corrected chi connectivity index (χ2v) is 7.39. The average molecular weight is 308 g/mol. The smallest absolute Gasteiger partial charge is 0.810 e. The van der Waals surface area contributed by atoms with Gasteiger partial charge in [0.15, 0.2) is 7.60 Å². The minimum absolute atomic E-state index is 0. The van der Waals surface area contributed by atoms with E-state index in [-0.39, 0.29) is 17.1 Å². The minimum Gasteiger partial charge on any atom is -0.810 e. The molecule has 2 unspecified atom stereocenters. The Balaban J connectivity index is 0. The second-order valence-electron chi connectivity index (χ2n) is 1.41. The molecule has 10 heteroatoms. The molecule has 0 amide bonds. The molecule has 0 aromatic rings.